The second-order valence-electron chi connectivity index (χ2n) is 5.47. The van der Waals surface area contributed by atoms with Crippen LogP contribution in [0.15, 0.2) is 24.3 Å². The van der Waals surface area contributed by atoms with E-state index < -0.39 is 0 Å². The van der Waals surface area contributed by atoms with Crippen LogP contribution < -0.4 is 9.47 Å². The van der Waals surface area contributed by atoms with Crippen molar-refractivity contribution in [3.8, 4) is 11.5 Å². The Kier molecular flexibility index (Phi) is 6.05. The zero-order valence-electron chi connectivity index (χ0n) is 13.0. The molecule has 4 nitrogen and oxygen atoms in total. The Morgan fingerprint density at radius 1 is 1.29 bits per heavy atom. The van der Waals surface area contributed by atoms with Gasteiger partial charge in [0, 0.05) is 19.0 Å². The minimum Gasteiger partial charge on any atom is -0.490 e. The molecule has 0 N–H and O–H groups in total. The summed E-state index contributed by atoms with van der Waals surface area (Å²) in [6.07, 6.45) is 2.96. The highest BCUT2D eigenvalue weighted by molar-refractivity contribution is 5.76. The van der Waals surface area contributed by atoms with Gasteiger partial charge in [-0.15, -0.1) is 0 Å². The SMILES string of the molecule is CCOc1ccccc1OCCN1CCCC1CC(C)=O. The van der Waals surface area contributed by atoms with E-state index in [0.29, 0.717) is 25.7 Å². The molecule has 1 aliphatic rings. The van der Waals surface area contributed by atoms with Crippen LogP contribution in [0.1, 0.15) is 33.1 Å². The summed E-state index contributed by atoms with van der Waals surface area (Å²) >= 11 is 0. The summed E-state index contributed by atoms with van der Waals surface area (Å²) in [5, 5.41) is 0. The van der Waals surface area contributed by atoms with Crippen LogP contribution in [0.2, 0.25) is 0 Å². The van der Waals surface area contributed by atoms with Gasteiger partial charge >= 0.3 is 0 Å². The number of carbonyl (C=O) groups is 1. The van der Waals surface area contributed by atoms with Gasteiger partial charge in [0.1, 0.15) is 12.4 Å². The van der Waals surface area contributed by atoms with E-state index in [1.807, 2.05) is 31.2 Å². The van der Waals surface area contributed by atoms with Crippen molar-refractivity contribution in [1.82, 2.24) is 4.90 Å². The Labute approximate surface area is 127 Å². The topological polar surface area (TPSA) is 38.8 Å². The van der Waals surface area contributed by atoms with Crippen molar-refractivity contribution in [2.75, 3.05) is 26.3 Å². The van der Waals surface area contributed by atoms with E-state index in [2.05, 4.69) is 4.90 Å². The number of Topliss-reactive ketones (excluding diaryl/α,β-unsaturated/α-hetero) is 1. The number of hydrogen-bond acceptors (Lipinski definition) is 4. The largest absolute Gasteiger partial charge is 0.490 e. The lowest BCUT2D eigenvalue weighted by molar-refractivity contribution is -0.118. The molecule has 1 unspecified atom stereocenters. The van der Waals surface area contributed by atoms with Crippen LogP contribution >= 0.6 is 0 Å². The highest BCUT2D eigenvalue weighted by Gasteiger charge is 2.25. The van der Waals surface area contributed by atoms with E-state index >= 15 is 0 Å². The number of rotatable bonds is 8. The predicted molar refractivity (Wildman–Crippen MR) is 83.0 cm³/mol. The van der Waals surface area contributed by atoms with Gasteiger partial charge in [0.25, 0.3) is 0 Å². The second kappa shape index (κ2) is 8.03. The average Bonchev–Trinajstić information content (AvgIpc) is 2.88. The predicted octanol–water partition coefficient (Wildman–Crippen LogP) is 2.91. The number of hydrogen-bond donors (Lipinski definition) is 0. The van der Waals surface area contributed by atoms with Gasteiger partial charge in [-0.1, -0.05) is 12.1 Å². The number of benzene rings is 1. The fourth-order valence-corrected chi connectivity index (χ4v) is 2.87. The molecular weight excluding hydrogens is 266 g/mol. The van der Waals surface area contributed by atoms with Crippen LogP contribution in [-0.4, -0.2) is 43.0 Å². The van der Waals surface area contributed by atoms with Crippen molar-refractivity contribution in [3.63, 3.8) is 0 Å². The summed E-state index contributed by atoms with van der Waals surface area (Å²) in [5.74, 6) is 1.86. The van der Waals surface area contributed by atoms with E-state index in [-0.39, 0.29) is 5.78 Å². The number of ketones is 1. The molecule has 1 saturated heterocycles. The first-order chi connectivity index (χ1) is 10.2. The molecule has 116 valence electrons. The third-order valence-electron chi connectivity index (χ3n) is 3.81. The first-order valence-corrected chi connectivity index (χ1v) is 7.78. The Balaban J connectivity index is 1.82. The lowest BCUT2D eigenvalue weighted by Crippen LogP contribution is -2.34. The standard InChI is InChI=1S/C17H25NO3/c1-3-20-16-8-4-5-9-17(16)21-12-11-18-10-6-7-15(18)13-14(2)19/h4-5,8-9,15H,3,6-7,10-13H2,1-2H3. The maximum absolute atomic E-state index is 11.3. The lowest BCUT2D eigenvalue weighted by atomic mass is 10.1. The smallest absolute Gasteiger partial charge is 0.161 e. The van der Waals surface area contributed by atoms with Crippen LogP contribution in [-0.2, 0) is 4.79 Å². The van der Waals surface area contributed by atoms with Crippen molar-refractivity contribution in [3.05, 3.63) is 24.3 Å². The van der Waals surface area contributed by atoms with Crippen molar-refractivity contribution in [1.29, 1.82) is 0 Å². The van der Waals surface area contributed by atoms with Gasteiger partial charge in [-0.3, -0.25) is 9.69 Å². The molecule has 0 spiro atoms. The Bertz CT molecular complexity index is 461. The summed E-state index contributed by atoms with van der Waals surface area (Å²) in [5.41, 5.74) is 0. The number of nitrogens with zero attached hydrogens (tertiary/aromatic N) is 1. The third kappa shape index (κ3) is 4.74. The van der Waals surface area contributed by atoms with Gasteiger partial charge in [-0.2, -0.15) is 0 Å². The number of para-hydroxylation sites is 2. The minimum absolute atomic E-state index is 0.273. The molecule has 1 aromatic rings. The second-order valence-corrected chi connectivity index (χ2v) is 5.47. The Morgan fingerprint density at radius 2 is 2.00 bits per heavy atom. The van der Waals surface area contributed by atoms with Gasteiger partial charge in [0.2, 0.25) is 0 Å². The zero-order chi connectivity index (χ0) is 15.1. The van der Waals surface area contributed by atoms with Crippen molar-refractivity contribution < 1.29 is 14.3 Å². The molecular formula is C17H25NO3. The summed E-state index contributed by atoms with van der Waals surface area (Å²) in [6.45, 7) is 6.82. The molecule has 0 amide bonds. The highest BCUT2D eigenvalue weighted by atomic mass is 16.5. The minimum atomic E-state index is 0.273. The molecule has 21 heavy (non-hydrogen) atoms. The van der Waals surface area contributed by atoms with Gasteiger partial charge in [-0.25, -0.2) is 0 Å². The van der Waals surface area contributed by atoms with Crippen LogP contribution in [0.4, 0.5) is 0 Å². The average molecular weight is 291 g/mol. The first-order valence-electron chi connectivity index (χ1n) is 7.78. The van der Waals surface area contributed by atoms with Gasteiger partial charge in [0.05, 0.1) is 6.61 Å². The van der Waals surface area contributed by atoms with E-state index in [9.17, 15) is 4.79 Å². The third-order valence-corrected chi connectivity index (χ3v) is 3.81. The van der Waals surface area contributed by atoms with Crippen LogP contribution in [0.25, 0.3) is 0 Å². The number of carbonyl (C=O) groups excluding carboxylic acids is 1. The van der Waals surface area contributed by atoms with Crippen LogP contribution in [0.5, 0.6) is 11.5 Å². The molecule has 2 rings (SSSR count). The Hall–Kier alpha value is -1.55. The first kappa shape index (κ1) is 15.8. The quantitative estimate of drug-likeness (QED) is 0.738. The summed E-state index contributed by atoms with van der Waals surface area (Å²) in [7, 11) is 0. The molecule has 1 aromatic carbocycles. The molecule has 0 bridgehead atoms. The molecule has 1 fully saturated rings. The summed E-state index contributed by atoms with van der Waals surface area (Å²) in [6, 6.07) is 8.15. The summed E-state index contributed by atoms with van der Waals surface area (Å²) < 4.78 is 11.4. The van der Waals surface area contributed by atoms with E-state index in [1.165, 1.54) is 6.42 Å². The Morgan fingerprint density at radius 3 is 2.67 bits per heavy atom. The molecule has 1 atom stereocenters. The monoisotopic (exact) mass is 291 g/mol. The fraction of sp³-hybridized carbons (Fsp3) is 0.588. The van der Waals surface area contributed by atoms with Crippen molar-refractivity contribution in [2.24, 2.45) is 0 Å². The normalized spacial score (nSPS) is 18.7. The lowest BCUT2D eigenvalue weighted by Gasteiger charge is -2.23. The van der Waals surface area contributed by atoms with E-state index in [1.54, 1.807) is 6.92 Å². The fourth-order valence-electron chi connectivity index (χ4n) is 2.87. The molecule has 0 radical (unpaired) electrons. The maximum Gasteiger partial charge on any atom is 0.161 e. The molecule has 0 aliphatic carbocycles. The molecule has 1 heterocycles. The zero-order valence-corrected chi connectivity index (χ0v) is 13.0. The number of ether oxygens (including phenoxy) is 2. The van der Waals surface area contributed by atoms with E-state index in [0.717, 1.165) is 31.0 Å². The molecule has 0 aromatic heterocycles. The summed E-state index contributed by atoms with van der Waals surface area (Å²) in [4.78, 5) is 13.6. The number of likely N-dealkylation sites (tertiary alicyclic amines) is 1. The molecule has 0 saturated carbocycles. The van der Waals surface area contributed by atoms with E-state index in [4.69, 9.17) is 9.47 Å². The van der Waals surface area contributed by atoms with Crippen molar-refractivity contribution in [2.45, 2.75) is 39.2 Å². The highest BCUT2D eigenvalue weighted by Crippen LogP contribution is 2.26. The van der Waals surface area contributed by atoms with Gasteiger partial charge in [0.15, 0.2) is 11.5 Å². The molecule has 1 aliphatic heterocycles. The molecule has 4 heteroatoms. The maximum atomic E-state index is 11.3. The van der Waals surface area contributed by atoms with Gasteiger partial charge < -0.3 is 9.47 Å². The van der Waals surface area contributed by atoms with Crippen molar-refractivity contribution >= 4 is 5.78 Å². The van der Waals surface area contributed by atoms with Crippen LogP contribution in [0.3, 0.4) is 0 Å². The van der Waals surface area contributed by atoms with Gasteiger partial charge in [-0.05, 0) is 45.4 Å². The van der Waals surface area contributed by atoms with Crippen LogP contribution in [0, 0.1) is 0 Å².